The van der Waals surface area contributed by atoms with E-state index < -0.39 is 0 Å². The van der Waals surface area contributed by atoms with Crippen LogP contribution in [0.5, 0.6) is 0 Å². The van der Waals surface area contributed by atoms with Crippen LogP contribution < -0.4 is 0 Å². The first-order valence-corrected chi connectivity index (χ1v) is 4.57. The van der Waals surface area contributed by atoms with Crippen molar-refractivity contribution in [3.05, 3.63) is 24.0 Å². The second-order valence-corrected chi connectivity index (χ2v) is 3.51. The van der Waals surface area contributed by atoms with Gasteiger partial charge in [-0.3, -0.25) is 19.6 Å². The smallest absolute Gasteiger partial charge is 0.177 e. The number of carbonyl (C=O) groups is 2. The number of allylic oxidation sites excluding steroid dienone is 1. The lowest BCUT2D eigenvalue weighted by atomic mass is 10.1. The van der Waals surface area contributed by atoms with Gasteiger partial charge in [-0.1, -0.05) is 0 Å². The van der Waals surface area contributed by atoms with Crippen molar-refractivity contribution >= 4 is 11.6 Å². The van der Waals surface area contributed by atoms with E-state index in [0.717, 1.165) is 0 Å². The summed E-state index contributed by atoms with van der Waals surface area (Å²) in [5.41, 5.74) is 0.621. The summed E-state index contributed by atoms with van der Waals surface area (Å²) >= 11 is 0. The summed E-state index contributed by atoms with van der Waals surface area (Å²) in [5.74, 6) is 0.0558. The fraction of sp³-hybridized carbons (Fsp3) is 0.400. The van der Waals surface area contributed by atoms with Crippen molar-refractivity contribution in [1.29, 1.82) is 0 Å². The maximum atomic E-state index is 11.3. The Hall–Kier alpha value is -1.58. The number of ketones is 2. The third-order valence-corrected chi connectivity index (χ3v) is 2.47. The molecule has 74 valence electrons. The van der Waals surface area contributed by atoms with Gasteiger partial charge in [0, 0.05) is 13.1 Å². The Morgan fingerprint density at radius 2 is 2.14 bits per heavy atom. The molecule has 0 N–H and O–H groups in total. The number of hydrazine groups is 1. The Labute approximate surface area is 82.4 Å². The summed E-state index contributed by atoms with van der Waals surface area (Å²) in [7, 11) is 0. The van der Waals surface area contributed by atoms with Crippen molar-refractivity contribution in [3.8, 4) is 0 Å². The lowest BCUT2D eigenvalue weighted by Crippen LogP contribution is -2.38. The van der Waals surface area contributed by atoms with Crippen LogP contribution in [0.4, 0.5) is 0 Å². The zero-order chi connectivity index (χ0) is 10.3. The van der Waals surface area contributed by atoms with Gasteiger partial charge in [0.1, 0.15) is 6.04 Å². The first kappa shape index (κ1) is 8.99. The molecule has 0 aromatic carbocycles. The topological polar surface area (TPSA) is 40.6 Å². The van der Waals surface area contributed by atoms with Crippen LogP contribution in [0.1, 0.15) is 13.8 Å². The van der Waals surface area contributed by atoms with E-state index in [1.807, 2.05) is 17.3 Å². The fourth-order valence-corrected chi connectivity index (χ4v) is 1.81. The van der Waals surface area contributed by atoms with E-state index in [1.54, 1.807) is 11.1 Å². The maximum Gasteiger partial charge on any atom is 0.177 e. The van der Waals surface area contributed by atoms with Crippen LogP contribution in [-0.4, -0.2) is 34.2 Å². The summed E-state index contributed by atoms with van der Waals surface area (Å²) in [4.78, 5) is 22.6. The predicted octanol–water partition coefficient (Wildman–Crippen LogP) is 0.477. The molecular formula is C10H12N2O2. The van der Waals surface area contributed by atoms with Gasteiger partial charge in [0.15, 0.2) is 11.6 Å². The van der Waals surface area contributed by atoms with Gasteiger partial charge >= 0.3 is 0 Å². The number of rotatable bonds is 2. The summed E-state index contributed by atoms with van der Waals surface area (Å²) in [6, 6.07) is -0.298. The number of Topliss-reactive ketones (excluding diaryl/α,β-unsaturated/α-hetero) is 2. The number of fused-ring (bicyclic) bond motifs is 1. The Balaban J connectivity index is 2.33. The van der Waals surface area contributed by atoms with Crippen molar-refractivity contribution in [3.63, 3.8) is 0 Å². The molecular weight excluding hydrogens is 180 g/mol. The van der Waals surface area contributed by atoms with Gasteiger partial charge in [-0.15, -0.1) is 0 Å². The highest BCUT2D eigenvalue weighted by molar-refractivity contribution is 5.95. The first-order chi connectivity index (χ1) is 6.61. The van der Waals surface area contributed by atoms with Crippen molar-refractivity contribution in [2.75, 3.05) is 6.54 Å². The molecule has 0 bridgehead atoms. The number of hydrogen-bond acceptors (Lipinski definition) is 4. The molecule has 2 aliphatic rings. The van der Waals surface area contributed by atoms with Crippen molar-refractivity contribution < 1.29 is 9.59 Å². The quantitative estimate of drug-likeness (QED) is 0.638. The van der Waals surface area contributed by atoms with Gasteiger partial charge in [-0.2, -0.15) is 0 Å². The van der Waals surface area contributed by atoms with Gasteiger partial charge in [-0.25, -0.2) is 0 Å². The molecule has 4 heteroatoms. The summed E-state index contributed by atoms with van der Waals surface area (Å²) < 4.78 is 0. The molecule has 0 amide bonds. The average Bonchev–Trinajstić information content (AvgIpc) is 2.59. The zero-order valence-electron chi connectivity index (χ0n) is 8.23. The molecule has 0 aromatic rings. The molecule has 0 aliphatic carbocycles. The Kier molecular flexibility index (Phi) is 1.91. The lowest BCUT2D eigenvalue weighted by Gasteiger charge is -2.27. The van der Waals surface area contributed by atoms with Gasteiger partial charge in [-0.05, 0) is 19.1 Å². The molecule has 0 saturated heterocycles. The molecule has 2 heterocycles. The number of hydrogen-bond donors (Lipinski definition) is 0. The van der Waals surface area contributed by atoms with E-state index in [2.05, 4.69) is 0 Å². The second-order valence-electron chi connectivity index (χ2n) is 3.51. The molecule has 0 saturated carbocycles. The molecule has 1 unspecified atom stereocenters. The third kappa shape index (κ3) is 1.14. The molecule has 0 fully saturated rings. The minimum atomic E-state index is -0.298. The predicted molar refractivity (Wildman–Crippen MR) is 50.9 cm³/mol. The van der Waals surface area contributed by atoms with Crippen LogP contribution >= 0.6 is 0 Å². The lowest BCUT2D eigenvalue weighted by molar-refractivity contribution is -0.123. The van der Waals surface area contributed by atoms with E-state index in [-0.39, 0.29) is 17.6 Å². The highest BCUT2D eigenvalue weighted by atomic mass is 16.1. The van der Waals surface area contributed by atoms with E-state index in [9.17, 15) is 9.59 Å². The molecule has 2 aliphatic heterocycles. The van der Waals surface area contributed by atoms with E-state index in [0.29, 0.717) is 12.2 Å². The summed E-state index contributed by atoms with van der Waals surface area (Å²) in [6.45, 7) is 3.73. The van der Waals surface area contributed by atoms with Crippen molar-refractivity contribution in [1.82, 2.24) is 10.0 Å². The number of carbonyl (C=O) groups excluding carboxylic acids is 2. The Morgan fingerprint density at radius 1 is 1.43 bits per heavy atom. The highest BCUT2D eigenvalue weighted by Crippen LogP contribution is 2.27. The van der Waals surface area contributed by atoms with Gasteiger partial charge in [0.05, 0.1) is 12.2 Å². The molecule has 0 radical (unpaired) electrons. The fourth-order valence-electron chi connectivity index (χ4n) is 1.81. The molecule has 1 atom stereocenters. The van der Waals surface area contributed by atoms with Crippen LogP contribution in [0.3, 0.4) is 0 Å². The van der Waals surface area contributed by atoms with E-state index in [4.69, 9.17) is 0 Å². The van der Waals surface area contributed by atoms with Gasteiger partial charge < -0.3 is 0 Å². The summed E-state index contributed by atoms with van der Waals surface area (Å²) in [5, 5.41) is 3.63. The van der Waals surface area contributed by atoms with Gasteiger partial charge in [0.25, 0.3) is 0 Å². The number of nitrogens with zero attached hydrogens (tertiary/aromatic N) is 2. The molecule has 2 rings (SSSR count). The van der Waals surface area contributed by atoms with E-state index in [1.165, 1.54) is 13.8 Å². The van der Waals surface area contributed by atoms with Crippen LogP contribution in [0.25, 0.3) is 0 Å². The van der Waals surface area contributed by atoms with Crippen LogP contribution in [-0.2, 0) is 9.59 Å². The van der Waals surface area contributed by atoms with Gasteiger partial charge in [0.2, 0.25) is 0 Å². The van der Waals surface area contributed by atoms with Crippen molar-refractivity contribution in [2.45, 2.75) is 19.9 Å². The van der Waals surface area contributed by atoms with Crippen LogP contribution in [0.15, 0.2) is 24.0 Å². The minimum Gasteiger partial charge on any atom is -0.297 e. The SMILES string of the molecule is CC(=O)C1=CC(C(C)=O)N2C=CCN12. The molecule has 14 heavy (non-hydrogen) atoms. The second kappa shape index (κ2) is 2.97. The largest absolute Gasteiger partial charge is 0.297 e. The highest BCUT2D eigenvalue weighted by Gasteiger charge is 2.35. The minimum absolute atomic E-state index is 0.00227. The molecule has 0 aromatic heterocycles. The molecule has 4 nitrogen and oxygen atoms in total. The zero-order valence-corrected chi connectivity index (χ0v) is 8.23. The van der Waals surface area contributed by atoms with Crippen molar-refractivity contribution in [2.24, 2.45) is 0 Å². The monoisotopic (exact) mass is 192 g/mol. The first-order valence-electron chi connectivity index (χ1n) is 4.57. The van der Waals surface area contributed by atoms with Crippen LogP contribution in [0.2, 0.25) is 0 Å². The van der Waals surface area contributed by atoms with Crippen LogP contribution in [0, 0.1) is 0 Å². The Bertz CT molecular complexity index is 357. The average molecular weight is 192 g/mol. The Morgan fingerprint density at radius 3 is 2.71 bits per heavy atom. The normalized spacial score (nSPS) is 23.9. The standard InChI is InChI=1S/C10H12N2O2/c1-7(13)9-6-10(8(2)14)12-5-3-4-11(9)12/h3-4,6,9H,5H2,1-2H3. The summed E-state index contributed by atoms with van der Waals surface area (Å²) in [6.07, 6.45) is 5.51. The third-order valence-electron chi connectivity index (χ3n) is 2.47. The maximum absolute atomic E-state index is 11.3. The van der Waals surface area contributed by atoms with E-state index >= 15 is 0 Å². The molecule has 0 spiro atoms.